The number of methoxy groups -OCH3 is 2. The number of ether oxygens (including phenoxy) is 2. The molecule has 0 heterocycles. The van der Waals surface area contributed by atoms with Crippen molar-refractivity contribution in [3.05, 3.63) is 119 Å². The molecule has 0 fully saturated rings. The minimum atomic E-state index is 0.837. The lowest BCUT2D eigenvalue weighted by Gasteiger charge is -2.16. The van der Waals surface area contributed by atoms with Gasteiger partial charge >= 0.3 is 0 Å². The SMILES string of the molecule is COc1c(Cc2ccccc2)cccc1Sc1cccc(Cc2ccccc2)c1OC. The van der Waals surface area contributed by atoms with Crippen LogP contribution in [0.2, 0.25) is 0 Å². The maximum atomic E-state index is 5.86. The first-order valence-corrected chi connectivity index (χ1v) is 11.2. The molecule has 0 aliphatic rings. The summed E-state index contributed by atoms with van der Waals surface area (Å²) in [4.78, 5) is 2.18. The van der Waals surface area contributed by atoms with Crippen molar-refractivity contribution in [3.63, 3.8) is 0 Å². The van der Waals surface area contributed by atoms with E-state index in [4.69, 9.17) is 9.47 Å². The predicted octanol–water partition coefficient (Wildman–Crippen LogP) is 7.04. The summed E-state index contributed by atoms with van der Waals surface area (Å²) in [6.45, 7) is 0. The fourth-order valence-electron chi connectivity index (χ4n) is 3.78. The van der Waals surface area contributed by atoms with E-state index in [1.807, 2.05) is 12.1 Å². The quantitative estimate of drug-likeness (QED) is 0.301. The third-order valence-corrected chi connectivity index (χ3v) is 6.31. The highest BCUT2D eigenvalue weighted by Gasteiger charge is 2.15. The maximum Gasteiger partial charge on any atom is 0.136 e. The summed E-state index contributed by atoms with van der Waals surface area (Å²) < 4.78 is 11.7. The molecule has 4 rings (SSSR count). The van der Waals surface area contributed by atoms with Gasteiger partial charge in [-0.25, -0.2) is 0 Å². The largest absolute Gasteiger partial charge is 0.495 e. The van der Waals surface area contributed by atoms with Crippen LogP contribution in [0.3, 0.4) is 0 Å². The number of para-hydroxylation sites is 2. The van der Waals surface area contributed by atoms with E-state index < -0.39 is 0 Å². The lowest BCUT2D eigenvalue weighted by molar-refractivity contribution is 0.398. The Morgan fingerprint density at radius 2 is 0.935 bits per heavy atom. The summed E-state index contributed by atoms with van der Waals surface area (Å²) in [5, 5.41) is 0. The van der Waals surface area contributed by atoms with Crippen molar-refractivity contribution in [2.75, 3.05) is 14.2 Å². The molecule has 156 valence electrons. The van der Waals surface area contributed by atoms with Crippen LogP contribution >= 0.6 is 11.8 Å². The second-order valence-corrected chi connectivity index (χ2v) is 8.41. The average molecular weight is 427 g/mol. The number of hydrogen-bond acceptors (Lipinski definition) is 3. The van der Waals surface area contributed by atoms with Crippen molar-refractivity contribution in [2.45, 2.75) is 22.6 Å². The van der Waals surface area contributed by atoms with Gasteiger partial charge in [0.25, 0.3) is 0 Å². The molecular formula is C28H26O2S. The molecule has 3 heteroatoms. The van der Waals surface area contributed by atoms with Crippen LogP contribution in [0.15, 0.2) is 107 Å². The van der Waals surface area contributed by atoms with Crippen LogP contribution in [0.25, 0.3) is 0 Å². The van der Waals surface area contributed by atoms with Crippen molar-refractivity contribution >= 4 is 11.8 Å². The Morgan fingerprint density at radius 3 is 1.32 bits per heavy atom. The zero-order valence-corrected chi connectivity index (χ0v) is 18.7. The highest BCUT2D eigenvalue weighted by molar-refractivity contribution is 7.99. The van der Waals surface area contributed by atoms with Crippen LogP contribution in [-0.2, 0) is 12.8 Å². The Labute approximate surface area is 188 Å². The molecule has 0 aliphatic carbocycles. The molecule has 0 unspecified atom stereocenters. The Hall–Kier alpha value is -3.17. The van der Waals surface area contributed by atoms with Crippen molar-refractivity contribution in [2.24, 2.45) is 0 Å². The molecular weight excluding hydrogens is 400 g/mol. The molecule has 0 bridgehead atoms. The van der Waals surface area contributed by atoms with Gasteiger partial charge in [0.05, 0.1) is 24.0 Å². The van der Waals surface area contributed by atoms with Gasteiger partial charge in [0, 0.05) is 12.8 Å². The monoisotopic (exact) mass is 426 g/mol. The molecule has 0 radical (unpaired) electrons. The smallest absolute Gasteiger partial charge is 0.136 e. The Balaban J connectivity index is 1.64. The van der Waals surface area contributed by atoms with E-state index in [1.54, 1.807) is 26.0 Å². The summed E-state index contributed by atoms with van der Waals surface area (Å²) in [6, 6.07) is 33.7. The van der Waals surface area contributed by atoms with Gasteiger partial charge in [-0.1, -0.05) is 96.7 Å². The van der Waals surface area contributed by atoms with Crippen LogP contribution in [0.5, 0.6) is 11.5 Å². The molecule has 0 saturated carbocycles. The minimum Gasteiger partial charge on any atom is -0.495 e. The van der Waals surface area contributed by atoms with Gasteiger partial charge in [-0.2, -0.15) is 0 Å². The molecule has 4 aromatic carbocycles. The highest BCUT2D eigenvalue weighted by Crippen LogP contribution is 2.43. The second kappa shape index (κ2) is 10.2. The van der Waals surface area contributed by atoms with Crippen molar-refractivity contribution < 1.29 is 9.47 Å². The standard InChI is InChI=1S/C28H26O2S/c1-29-27-23(19-21-11-5-3-6-12-21)15-9-17-25(27)31-26-18-10-16-24(28(26)30-2)20-22-13-7-4-8-14-22/h3-18H,19-20H2,1-2H3. The van der Waals surface area contributed by atoms with Gasteiger partial charge in [0.15, 0.2) is 0 Å². The summed E-state index contributed by atoms with van der Waals surface area (Å²) >= 11 is 1.69. The summed E-state index contributed by atoms with van der Waals surface area (Å²) in [5.74, 6) is 1.85. The van der Waals surface area contributed by atoms with Crippen LogP contribution in [0.4, 0.5) is 0 Å². The molecule has 0 saturated heterocycles. The van der Waals surface area contributed by atoms with Crippen LogP contribution in [0, 0.1) is 0 Å². The van der Waals surface area contributed by atoms with E-state index >= 15 is 0 Å². The topological polar surface area (TPSA) is 18.5 Å². The molecule has 0 aliphatic heterocycles. The van der Waals surface area contributed by atoms with Gasteiger partial charge < -0.3 is 9.47 Å². The minimum absolute atomic E-state index is 0.837. The van der Waals surface area contributed by atoms with E-state index in [2.05, 4.69) is 84.9 Å². The fourth-order valence-corrected chi connectivity index (χ4v) is 4.92. The Morgan fingerprint density at radius 1 is 0.516 bits per heavy atom. The van der Waals surface area contributed by atoms with Gasteiger partial charge in [-0.15, -0.1) is 0 Å². The van der Waals surface area contributed by atoms with E-state index in [0.29, 0.717) is 0 Å². The zero-order valence-electron chi connectivity index (χ0n) is 17.9. The van der Waals surface area contributed by atoms with Crippen LogP contribution in [-0.4, -0.2) is 14.2 Å². The summed E-state index contributed by atoms with van der Waals surface area (Å²) in [7, 11) is 3.49. The van der Waals surface area contributed by atoms with Crippen LogP contribution < -0.4 is 9.47 Å². The molecule has 2 nitrogen and oxygen atoms in total. The molecule has 0 amide bonds. The molecule has 31 heavy (non-hydrogen) atoms. The van der Waals surface area contributed by atoms with Crippen molar-refractivity contribution in [3.8, 4) is 11.5 Å². The molecule has 0 aromatic heterocycles. The molecule has 4 aromatic rings. The summed E-state index contributed by atoms with van der Waals surface area (Å²) in [5.41, 5.74) is 4.90. The average Bonchev–Trinajstić information content (AvgIpc) is 2.81. The zero-order chi connectivity index (χ0) is 21.5. The van der Waals surface area contributed by atoms with Crippen molar-refractivity contribution in [1.29, 1.82) is 0 Å². The van der Waals surface area contributed by atoms with E-state index in [9.17, 15) is 0 Å². The van der Waals surface area contributed by atoms with Gasteiger partial charge in [-0.05, 0) is 34.4 Å². The number of benzene rings is 4. The lowest BCUT2D eigenvalue weighted by Crippen LogP contribution is -1.97. The maximum absolute atomic E-state index is 5.86. The fraction of sp³-hybridized carbons (Fsp3) is 0.143. The first-order valence-electron chi connectivity index (χ1n) is 10.4. The Kier molecular flexibility index (Phi) is 6.96. The van der Waals surface area contributed by atoms with E-state index in [-0.39, 0.29) is 0 Å². The number of hydrogen-bond donors (Lipinski definition) is 0. The van der Waals surface area contributed by atoms with Crippen LogP contribution in [0.1, 0.15) is 22.3 Å². The second-order valence-electron chi connectivity index (χ2n) is 7.32. The molecule has 0 N–H and O–H groups in total. The molecule has 0 atom stereocenters. The normalized spacial score (nSPS) is 10.6. The highest BCUT2D eigenvalue weighted by atomic mass is 32.2. The number of rotatable bonds is 8. The Bertz CT molecular complexity index is 1030. The first kappa shape index (κ1) is 21.1. The van der Waals surface area contributed by atoms with Gasteiger partial charge in [-0.3, -0.25) is 0 Å². The first-order chi connectivity index (χ1) is 15.3. The van der Waals surface area contributed by atoms with E-state index in [0.717, 1.165) is 34.1 Å². The van der Waals surface area contributed by atoms with Crippen molar-refractivity contribution in [1.82, 2.24) is 0 Å². The molecule has 0 spiro atoms. The third kappa shape index (κ3) is 5.12. The van der Waals surface area contributed by atoms with Gasteiger partial charge in [0.1, 0.15) is 11.5 Å². The van der Waals surface area contributed by atoms with Gasteiger partial charge in [0.2, 0.25) is 0 Å². The summed E-state index contributed by atoms with van der Waals surface area (Å²) in [6.07, 6.45) is 1.67. The van der Waals surface area contributed by atoms with E-state index in [1.165, 1.54) is 22.3 Å². The lowest BCUT2D eigenvalue weighted by atomic mass is 10.0. The predicted molar refractivity (Wildman–Crippen MR) is 129 cm³/mol. The third-order valence-electron chi connectivity index (χ3n) is 5.22.